The lowest BCUT2D eigenvalue weighted by Crippen LogP contribution is -2.53. The van der Waals surface area contributed by atoms with Gasteiger partial charge in [0.05, 0.1) is 25.2 Å². The highest BCUT2D eigenvalue weighted by molar-refractivity contribution is 5.78. The number of carbonyl (C=O) groups excluding carboxylic acids is 1. The second-order valence-electron chi connectivity index (χ2n) is 4.86. The molecular weight excluding hydrogens is 208 g/mol. The number of amides is 1. The Morgan fingerprint density at radius 1 is 1.62 bits per heavy atom. The Hall–Kier alpha value is -0.650. The number of aliphatic hydroxyl groups is 1. The molecule has 0 aliphatic carbocycles. The molecule has 94 valence electrons. The standard InChI is InChI=1S/C11H22N2O3/c1-9(10(15)12-2)4-13(3)5-11(6-14)7-16-8-11/h9,14H,4-8H2,1-3H3,(H,12,15). The zero-order valence-corrected chi connectivity index (χ0v) is 10.3. The van der Waals surface area contributed by atoms with Crippen LogP contribution in [0.2, 0.25) is 0 Å². The Bertz CT molecular complexity index is 236. The molecule has 1 unspecified atom stereocenters. The maximum absolute atomic E-state index is 11.4. The molecule has 0 radical (unpaired) electrons. The summed E-state index contributed by atoms with van der Waals surface area (Å²) in [5, 5.41) is 11.9. The van der Waals surface area contributed by atoms with E-state index in [-0.39, 0.29) is 23.8 Å². The molecule has 1 aliphatic heterocycles. The van der Waals surface area contributed by atoms with E-state index >= 15 is 0 Å². The SMILES string of the molecule is CNC(=O)C(C)CN(C)CC1(CO)COC1. The minimum atomic E-state index is -0.114. The van der Waals surface area contributed by atoms with E-state index < -0.39 is 0 Å². The highest BCUT2D eigenvalue weighted by Gasteiger charge is 2.39. The minimum absolute atomic E-state index is 0.0354. The summed E-state index contributed by atoms with van der Waals surface area (Å²) in [6.07, 6.45) is 0. The zero-order chi connectivity index (χ0) is 12.2. The zero-order valence-electron chi connectivity index (χ0n) is 10.3. The molecule has 16 heavy (non-hydrogen) atoms. The van der Waals surface area contributed by atoms with Crippen LogP contribution in [-0.4, -0.2) is 62.9 Å². The normalized spacial score (nSPS) is 20.3. The predicted molar refractivity (Wildman–Crippen MR) is 61.1 cm³/mol. The lowest BCUT2D eigenvalue weighted by molar-refractivity contribution is -0.147. The largest absolute Gasteiger partial charge is 0.396 e. The molecule has 1 fully saturated rings. The molecule has 0 bridgehead atoms. The van der Waals surface area contributed by atoms with Gasteiger partial charge in [-0.3, -0.25) is 4.79 Å². The number of aliphatic hydroxyl groups excluding tert-OH is 1. The van der Waals surface area contributed by atoms with Crippen molar-refractivity contribution in [3.05, 3.63) is 0 Å². The summed E-state index contributed by atoms with van der Waals surface area (Å²) in [4.78, 5) is 13.4. The lowest BCUT2D eigenvalue weighted by atomic mass is 9.86. The fourth-order valence-corrected chi connectivity index (χ4v) is 2.06. The van der Waals surface area contributed by atoms with Crippen LogP contribution < -0.4 is 5.32 Å². The van der Waals surface area contributed by atoms with Gasteiger partial charge in [0.25, 0.3) is 0 Å². The van der Waals surface area contributed by atoms with E-state index in [0.717, 1.165) is 6.54 Å². The molecule has 1 rings (SSSR count). The van der Waals surface area contributed by atoms with Gasteiger partial charge in [-0.1, -0.05) is 6.92 Å². The maximum Gasteiger partial charge on any atom is 0.223 e. The van der Waals surface area contributed by atoms with E-state index in [1.54, 1.807) is 7.05 Å². The quantitative estimate of drug-likeness (QED) is 0.634. The van der Waals surface area contributed by atoms with Gasteiger partial charge in [-0.15, -0.1) is 0 Å². The van der Waals surface area contributed by atoms with Crippen LogP contribution in [0.25, 0.3) is 0 Å². The third kappa shape index (κ3) is 3.17. The molecular formula is C11H22N2O3. The fraction of sp³-hybridized carbons (Fsp3) is 0.909. The highest BCUT2D eigenvalue weighted by Crippen LogP contribution is 2.27. The molecule has 0 spiro atoms. The van der Waals surface area contributed by atoms with E-state index in [1.807, 2.05) is 14.0 Å². The molecule has 1 saturated heterocycles. The minimum Gasteiger partial charge on any atom is -0.396 e. The second-order valence-corrected chi connectivity index (χ2v) is 4.86. The summed E-state index contributed by atoms with van der Waals surface area (Å²) < 4.78 is 5.14. The smallest absolute Gasteiger partial charge is 0.223 e. The molecule has 1 heterocycles. The monoisotopic (exact) mass is 230 g/mol. The number of nitrogens with one attached hydrogen (secondary N) is 1. The number of ether oxygens (including phenoxy) is 1. The van der Waals surface area contributed by atoms with E-state index in [9.17, 15) is 9.90 Å². The first-order valence-corrected chi connectivity index (χ1v) is 5.62. The average molecular weight is 230 g/mol. The molecule has 0 aromatic carbocycles. The Labute approximate surface area is 96.8 Å². The predicted octanol–water partition coefficient (Wildman–Crippen LogP) is -0.691. The summed E-state index contributed by atoms with van der Waals surface area (Å²) in [5.41, 5.74) is -0.114. The van der Waals surface area contributed by atoms with E-state index in [1.165, 1.54) is 0 Å². The van der Waals surface area contributed by atoms with Gasteiger partial charge in [-0.2, -0.15) is 0 Å². The van der Waals surface area contributed by atoms with Crippen LogP contribution in [0.1, 0.15) is 6.92 Å². The van der Waals surface area contributed by atoms with Gasteiger partial charge in [-0.25, -0.2) is 0 Å². The van der Waals surface area contributed by atoms with Crippen molar-refractivity contribution in [2.75, 3.05) is 47.0 Å². The Balaban J connectivity index is 2.35. The number of carbonyl (C=O) groups is 1. The summed E-state index contributed by atoms with van der Waals surface area (Å²) in [7, 11) is 3.61. The first kappa shape index (κ1) is 13.4. The lowest BCUT2D eigenvalue weighted by Gasteiger charge is -2.42. The van der Waals surface area contributed by atoms with Crippen molar-refractivity contribution >= 4 is 5.91 Å². The maximum atomic E-state index is 11.4. The van der Waals surface area contributed by atoms with E-state index in [0.29, 0.717) is 19.8 Å². The Kier molecular flexibility index (Phi) is 4.70. The van der Waals surface area contributed by atoms with Crippen LogP contribution >= 0.6 is 0 Å². The van der Waals surface area contributed by atoms with Gasteiger partial charge in [0.2, 0.25) is 5.91 Å². The topological polar surface area (TPSA) is 61.8 Å². The summed E-state index contributed by atoms with van der Waals surface area (Å²) in [6, 6.07) is 0. The average Bonchev–Trinajstić information content (AvgIpc) is 2.22. The fourth-order valence-electron chi connectivity index (χ4n) is 2.06. The Morgan fingerprint density at radius 3 is 2.62 bits per heavy atom. The van der Waals surface area contributed by atoms with Crippen LogP contribution in [0.3, 0.4) is 0 Å². The molecule has 5 nitrogen and oxygen atoms in total. The van der Waals surface area contributed by atoms with Gasteiger partial charge in [0.15, 0.2) is 0 Å². The van der Waals surface area contributed by atoms with Gasteiger partial charge < -0.3 is 20.1 Å². The van der Waals surface area contributed by atoms with Crippen LogP contribution in [-0.2, 0) is 9.53 Å². The molecule has 2 N–H and O–H groups in total. The van der Waals surface area contributed by atoms with E-state index in [4.69, 9.17) is 4.74 Å². The number of hydrogen-bond acceptors (Lipinski definition) is 4. The molecule has 1 amide bonds. The van der Waals surface area contributed by atoms with Crippen molar-refractivity contribution in [2.24, 2.45) is 11.3 Å². The van der Waals surface area contributed by atoms with Crippen molar-refractivity contribution < 1.29 is 14.6 Å². The number of hydrogen-bond donors (Lipinski definition) is 2. The van der Waals surface area contributed by atoms with Gasteiger partial charge in [0, 0.05) is 26.1 Å². The molecule has 1 atom stereocenters. The third-order valence-electron chi connectivity index (χ3n) is 3.04. The first-order chi connectivity index (χ1) is 7.53. The second kappa shape index (κ2) is 5.61. The van der Waals surface area contributed by atoms with Crippen LogP contribution in [0.4, 0.5) is 0 Å². The van der Waals surface area contributed by atoms with Gasteiger partial charge >= 0.3 is 0 Å². The first-order valence-electron chi connectivity index (χ1n) is 5.62. The molecule has 1 aliphatic rings. The summed E-state index contributed by atoms with van der Waals surface area (Å²) in [6.45, 7) is 4.74. The van der Waals surface area contributed by atoms with Crippen molar-refractivity contribution in [3.8, 4) is 0 Å². The molecule has 0 saturated carbocycles. The van der Waals surface area contributed by atoms with Crippen molar-refractivity contribution in [1.29, 1.82) is 0 Å². The van der Waals surface area contributed by atoms with Crippen molar-refractivity contribution in [3.63, 3.8) is 0 Å². The van der Waals surface area contributed by atoms with Crippen molar-refractivity contribution in [1.82, 2.24) is 10.2 Å². The third-order valence-corrected chi connectivity index (χ3v) is 3.04. The molecule has 0 aromatic rings. The van der Waals surface area contributed by atoms with Crippen molar-refractivity contribution in [2.45, 2.75) is 6.92 Å². The van der Waals surface area contributed by atoms with E-state index in [2.05, 4.69) is 10.2 Å². The number of rotatable bonds is 6. The van der Waals surface area contributed by atoms with Gasteiger partial charge in [0.1, 0.15) is 0 Å². The molecule has 0 aromatic heterocycles. The van der Waals surface area contributed by atoms with Gasteiger partial charge in [-0.05, 0) is 7.05 Å². The summed E-state index contributed by atoms with van der Waals surface area (Å²) in [5.74, 6) is 0.0153. The highest BCUT2D eigenvalue weighted by atomic mass is 16.5. The summed E-state index contributed by atoms with van der Waals surface area (Å²) >= 11 is 0. The van der Waals surface area contributed by atoms with Crippen LogP contribution in [0.15, 0.2) is 0 Å². The Morgan fingerprint density at radius 2 is 2.25 bits per heavy atom. The molecule has 5 heteroatoms. The van der Waals surface area contributed by atoms with Crippen LogP contribution in [0.5, 0.6) is 0 Å². The van der Waals surface area contributed by atoms with Crippen LogP contribution in [0, 0.1) is 11.3 Å². The number of nitrogens with zero attached hydrogens (tertiary/aromatic N) is 1.